The van der Waals surface area contributed by atoms with E-state index in [-0.39, 0.29) is 11.9 Å². The van der Waals surface area contributed by atoms with Crippen LogP contribution in [-0.2, 0) is 6.54 Å². The van der Waals surface area contributed by atoms with Crippen molar-refractivity contribution in [2.75, 3.05) is 7.05 Å². The molecule has 3 aromatic rings. The zero-order valence-corrected chi connectivity index (χ0v) is 15.2. The molecule has 0 aliphatic heterocycles. The van der Waals surface area contributed by atoms with E-state index in [1.807, 2.05) is 36.2 Å². The van der Waals surface area contributed by atoms with Gasteiger partial charge in [-0.1, -0.05) is 19.9 Å². The second kappa shape index (κ2) is 6.73. The summed E-state index contributed by atoms with van der Waals surface area (Å²) >= 11 is 1.66. The Balaban J connectivity index is 1.85. The van der Waals surface area contributed by atoms with Gasteiger partial charge in [-0.25, -0.2) is 9.67 Å². The van der Waals surface area contributed by atoms with Crippen LogP contribution in [0.3, 0.4) is 0 Å². The van der Waals surface area contributed by atoms with Crippen molar-refractivity contribution >= 4 is 28.3 Å². The first-order valence-corrected chi connectivity index (χ1v) is 8.97. The molecule has 0 bridgehead atoms. The Morgan fingerprint density at radius 3 is 2.79 bits per heavy atom. The van der Waals surface area contributed by atoms with Crippen LogP contribution in [0, 0.1) is 5.92 Å². The van der Waals surface area contributed by atoms with Crippen LogP contribution in [0.5, 0.6) is 0 Å². The molecule has 0 spiro atoms. The molecule has 1 atom stereocenters. The van der Waals surface area contributed by atoms with Gasteiger partial charge in [0.15, 0.2) is 5.65 Å². The zero-order chi connectivity index (χ0) is 17.3. The van der Waals surface area contributed by atoms with Crippen molar-refractivity contribution in [2.45, 2.75) is 33.4 Å². The van der Waals surface area contributed by atoms with Crippen LogP contribution in [0.25, 0.3) is 11.0 Å². The second-order valence-corrected chi connectivity index (χ2v) is 7.44. The average molecular weight is 342 g/mol. The van der Waals surface area contributed by atoms with Gasteiger partial charge in [-0.15, -0.1) is 11.3 Å². The van der Waals surface area contributed by atoms with Gasteiger partial charge in [0, 0.05) is 30.1 Å². The number of hydrogen-bond acceptors (Lipinski definition) is 4. The Hall–Kier alpha value is -2.21. The molecule has 0 N–H and O–H groups in total. The molecule has 126 valence electrons. The lowest BCUT2D eigenvalue weighted by Crippen LogP contribution is -2.29. The summed E-state index contributed by atoms with van der Waals surface area (Å²) in [5.41, 5.74) is 1.42. The van der Waals surface area contributed by atoms with Crippen LogP contribution in [0.4, 0.5) is 0 Å². The van der Waals surface area contributed by atoms with Crippen molar-refractivity contribution < 1.29 is 4.79 Å². The quantitative estimate of drug-likeness (QED) is 0.704. The van der Waals surface area contributed by atoms with Gasteiger partial charge < -0.3 is 4.90 Å². The van der Waals surface area contributed by atoms with Crippen molar-refractivity contribution in [3.8, 4) is 0 Å². The summed E-state index contributed by atoms with van der Waals surface area (Å²) in [6, 6.07) is 5.98. The van der Waals surface area contributed by atoms with Gasteiger partial charge >= 0.3 is 0 Å². The first-order chi connectivity index (χ1) is 11.5. The van der Waals surface area contributed by atoms with Crippen molar-refractivity contribution in [2.24, 2.45) is 5.92 Å². The highest BCUT2D eigenvalue weighted by Crippen LogP contribution is 2.25. The third kappa shape index (κ3) is 3.19. The Morgan fingerprint density at radius 1 is 1.33 bits per heavy atom. The number of fused-ring (bicyclic) bond motifs is 1. The Labute approximate surface area is 145 Å². The van der Waals surface area contributed by atoms with Gasteiger partial charge in [-0.05, 0) is 30.4 Å². The minimum absolute atomic E-state index is 0.0260. The van der Waals surface area contributed by atoms with Crippen LogP contribution in [-0.4, -0.2) is 32.6 Å². The third-order valence-corrected chi connectivity index (χ3v) is 5.16. The van der Waals surface area contributed by atoms with Crippen molar-refractivity contribution in [1.82, 2.24) is 19.7 Å². The minimum Gasteiger partial charge on any atom is -0.334 e. The molecule has 0 saturated carbocycles. The molecular weight excluding hydrogens is 320 g/mol. The molecule has 0 aromatic carbocycles. The number of hydrogen-bond donors (Lipinski definition) is 0. The minimum atomic E-state index is -0.0260. The average Bonchev–Trinajstić information content (AvgIpc) is 3.22. The van der Waals surface area contributed by atoms with E-state index < -0.39 is 0 Å². The highest BCUT2D eigenvalue weighted by molar-refractivity contribution is 7.10. The molecular formula is C18H22N4OS. The summed E-state index contributed by atoms with van der Waals surface area (Å²) in [5, 5.41) is 7.32. The van der Waals surface area contributed by atoms with Gasteiger partial charge in [0.05, 0.1) is 17.8 Å². The number of carbonyl (C=O) groups excluding carboxylic acids is 1. The summed E-state index contributed by atoms with van der Waals surface area (Å²) in [5.74, 6) is 0.468. The fraction of sp³-hybridized carbons (Fsp3) is 0.389. The molecule has 5 nitrogen and oxygen atoms in total. The number of rotatable bonds is 5. The molecule has 0 aliphatic rings. The van der Waals surface area contributed by atoms with E-state index in [0.29, 0.717) is 11.5 Å². The van der Waals surface area contributed by atoms with E-state index in [1.165, 1.54) is 4.88 Å². The van der Waals surface area contributed by atoms with E-state index in [2.05, 4.69) is 30.0 Å². The molecule has 1 amide bonds. The highest BCUT2D eigenvalue weighted by Gasteiger charge is 2.20. The van der Waals surface area contributed by atoms with Crippen molar-refractivity contribution in [3.05, 3.63) is 46.4 Å². The summed E-state index contributed by atoms with van der Waals surface area (Å²) < 4.78 is 1.90. The normalized spacial score (nSPS) is 12.7. The lowest BCUT2D eigenvalue weighted by molar-refractivity contribution is 0.0744. The molecule has 0 unspecified atom stereocenters. The number of nitrogens with zero attached hydrogens (tertiary/aromatic N) is 4. The van der Waals surface area contributed by atoms with Gasteiger partial charge in [0.1, 0.15) is 0 Å². The molecule has 3 rings (SSSR count). The monoisotopic (exact) mass is 342 g/mol. The Kier molecular flexibility index (Phi) is 4.66. The number of thiophene rings is 1. The Bertz CT molecular complexity index is 838. The van der Waals surface area contributed by atoms with Crippen LogP contribution in [0.15, 0.2) is 36.0 Å². The summed E-state index contributed by atoms with van der Waals surface area (Å²) in [6.07, 6.45) is 3.44. The molecule has 0 radical (unpaired) electrons. The lowest BCUT2D eigenvalue weighted by Gasteiger charge is -2.24. The smallest absolute Gasteiger partial charge is 0.255 e. The summed E-state index contributed by atoms with van der Waals surface area (Å²) in [6.45, 7) is 7.15. The SMILES string of the molecule is CC(C)Cn1ncc2cc(C(=O)N(C)[C@@H](C)c3cccs3)cnc21. The maximum Gasteiger partial charge on any atom is 0.255 e. The first kappa shape index (κ1) is 16.6. The second-order valence-electron chi connectivity index (χ2n) is 6.46. The molecule has 24 heavy (non-hydrogen) atoms. The fourth-order valence-corrected chi connectivity index (χ4v) is 3.49. The van der Waals surface area contributed by atoms with E-state index in [9.17, 15) is 4.79 Å². The number of pyridine rings is 1. The largest absolute Gasteiger partial charge is 0.334 e. The highest BCUT2D eigenvalue weighted by atomic mass is 32.1. The molecule has 3 heterocycles. The third-order valence-electron chi connectivity index (χ3n) is 4.12. The number of amides is 1. The number of carbonyl (C=O) groups is 1. The standard InChI is InChI=1S/C18H22N4OS/c1-12(2)11-22-17-14(10-20-22)8-15(9-19-17)18(23)21(4)13(3)16-6-5-7-24-16/h5-10,12-13H,11H2,1-4H3/t13-/m0/s1. The zero-order valence-electron chi connectivity index (χ0n) is 14.4. The molecule has 0 aliphatic carbocycles. The number of aromatic nitrogens is 3. The van der Waals surface area contributed by atoms with E-state index in [1.54, 1.807) is 28.6 Å². The lowest BCUT2D eigenvalue weighted by atomic mass is 10.1. The maximum absolute atomic E-state index is 12.8. The summed E-state index contributed by atoms with van der Waals surface area (Å²) in [4.78, 5) is 20.2. The fourth-order valence-electron chi connectivity index (χ4n) is 2.67. The van der Waals surface area contributed by atoms with Crippen molar-refractivity contribution in [1.29, 1.82) is 0 Å². The molecule has 3 aromatic heterocycles. The van der Waals surface area contributed by atoms with Crippen LogP contribution in [0.1, 0.15) is 42.0 Å². The van der Waals surface area contributed by atoms with E-state index in [4.69, 9.17) is 0 Å². The molecule has 0 saturated heterocycles. The van der Waals surface area contributed by atoms with Crippen LogP contribution >= 0.6 is 11.3 Å². The van der Waals surface area contributed by atoms with Crippen LogP contribution in [0.2, 0.25) is 0 Å². The molecule has 0 fully saturated rings. The van der Waals surface area contributed by atoms with Gasteiger partial charge in [-0.3, -0.25) is 4.79 Å². The van der Waals surface area contributed by atoms with Gasteiger partial charge in [-0.2, -0.15) is 5.10 Å². The molecule has 6 heteroatoms. The summed E-state index contributed by atoms with van der Waals surface area (Å²) in [7, 11) is 1.83. The predicted molar refractivity (Wildman–Crippen MR) is 97.2 cm³/mol. The maximum atomic E-state index is 12.8. The topological polar surface area (TPSA) is 51.0 Å². The van der Waals surface area contributed by atoms with Crippen LogP contribution < -0.4 is 0 Å². The van der Waals surface area contributed by atoms with Gasteiger partial charge in [0.25, 0.3) is 5.91 Å². The first-order valence-electron chi connectivity index (χ1n) is 8.09. The van der Waals surface area contributed by atoms with E-state index >= 15 is 0 Å². The van der Waals surface area contributed by atoms with E-state index in [0.717, 1.165) is 17.6 Å². The van der Waals surface area contributed by atoms with Crippen molar-refractivity contribution in [3.63, 3.8) is 0 Å². The Morgan fingerprint density at radius 2 is 2.12 bits per heavy atom. The van der Waals surface area contributed by atoms with Gasteiger partial charge in [0.2, 0.25) is 0 Å². The predicted octanol–water partition coefficient (Wildman–Crippen LogP) is 3.98.